The quantitative estimate of drug-likeness (QED) is 0.508. The second-order valence-corrected chi connectivity index (χ2v) is 4.30. The third-order valence-corrected chi connectivity index (χ3v) is 2.21. The highest BCUT2D eigenvalue weighted by Crippen LogP contribution is 2.18. The van der Waals surface area contributed by atoms with Gasteiger partial charge >= 0.3 is 0 Å². The van der Waals surface area contributed by atoms with Gasteiger partial charge in [-0.25, -0.2) is 0 Å². The highest BCUT2D eigenvalue weighted by molar-refractivity contribution is 5.72. The molecule has 0 bridgehead atoms. The van der Waals surface area contributed by atoms with E-state index in [4.69, 9.17) is 0 Å². The summed E-state index contributed by atoms with van der Waals surface area (Å²) in [6.07, 6.45) is 3.43. The number of hydrogen-bond donors (Lipinski definition) is 1. The number of allylic oxidation sites excluding steroid dienone is 1. The molecule has 0 aromatic carbocycles. The third-order valence-electron chi connectivity index (χ3n) is 2.21. The Morgan fingerprint density at radius 2 is 2.15 bits per heavy atom. The van der Waals surface area contributed by atoms with E-state index in [1.807, 2.05) is 6.92 Å². The van der Waals surface area contributed by atoms with Gasteiger partial charge in [-0.15, -0.1) is 0 Å². The van der Waals surface area contributed by atoms with Crippen LogP contribution in [0.4, 0.5) is 0 Å². The van der Waals surface area contributed by atoms with Gasteiger partial charge in [-0.2, -0.15) is 0 Å². The van der Waals surface area contributed by atoms with Crippen LogP contribution in [0.15, 0.2) is 12.2 Å². The van der Waals surface area contributed by atoms with E-state index in [1.165, 1.54) is 0 Å². The van der Waals surface area contributed by atoms with Crippen LogP contribution in [0.5, 0.6) is 0 Å². The fourth-order valence-electron chi connectivity index (χ4n) is 1.14. The number of aldehydes is 1. The van der Waals surface area contributed by atoms with Gasteiger partial charge in [0.05, 0.1) is 5.60 Å². The Hall–Kier alpha value is -0.630. The molecule has 0 amide bonds. The SMILES string of the molecule is C=C(C=O)C(C)CCCC(C)(C)O. The lowest BCUT2D eigenvalue weighted by molar-refractivity contribution is -0.105. The zero-order chi connectivity index (χ0) is 10.5. The van der Waals surface area contributed by atoms with E-state index in [2.05, 4.69) is 6.58 Å². The number of aliphatic hydroxyl groups is 1. The first-order chi connectivity index (χ1) is 5.87. The topological polar surface area (TPSA) is 37.3 Å². The molecular weight excluding hydrogens is 164 g/mol. The molecule has 0 saturated heterocycles. The average Bonchev–Trinajstić information content (AvgIpc) is 2.00. The first-order valence-electron chi connectivity index (χ1n) is 4.73. The maximum Gasteiger partial charge on any atom is 0.145 e. The molecule has 0 heterocycles. The molecule has 1 N–H and O–H groups in total. The molecule has 0 aliphatic carbocycles. The van der Waals surface area contributed by atoms with Gasteiger partial charge in [0.25, 0.3) is 0 Å². The van der Waals surface area contributed by atoms with E-state index < -0.39 is 5.60 Å². The summed E-state index contributed by atoms with van der Waals surface area (Å²) < 4.78 is 0. The zero-order valence-corrected chi connectivity index (χ0v) is 8.84. The van der Waals surface area contributed by atoms with Crippen LogP contribution >= 0.6 is 0 Å². The van der Waals surface area contributed by atoms with E-state index in [9.17, 15) is 9.90 Å². The Labute approximate surface area is 80.7 Å². The monoisotopic (exact) mass is 184 g/mol. The van der Waals surface area contributed by atoms with Gasteiger partial charge < -0.3 is 5.11 Å². The van der Waals surface area contributed by atoms with Crippen molar-refractivity contribution < 1.29 is 9.90 Å². The first-order valence-corrected chi connectivity index (χ1v) is 4.73. The molecule has 1 unspecified atom stereocenters. The lowest BCUT2D eigenvalue weighted by atomic mass is 9.93. The zero-order valence-electron chi connectivity index (χ0n) is 8.84. The number of carbonyl (C=O) groups is 1. The normalized spacial score (nSPS) is 13.8. The second-order valence-electron chi connectivity index (χ2n) is 4.30. The molecule has 0 saturated carbocycles. The molecule has 0 fully saturated rings. The van der Waals surface area contributed by atoms with Crippen LogP contribution in [0.3, 0.4) is 0 Å². The largest absolute Gasteiger partial charge is 0.390 e. The summed E-state index contributed by atoms with van der Waals surface area (Å²) in [5.41, 5.74) is 0.0538. The van der Waals surface area contributed by atoms with Crippen molar-refractivity contribution in [2.24, 2.45) is 5.92 Å². The van der Waals surface area contributed by atoms with Crippen molar-refractivity contribution in [1.82, 2.24) is 0 Å². The molecule has 0 aliphatic rings. The van der Waals surface area contributed by atoms with Crippen LogP contribution in [0.25, 0.3) is 0 Å². The summed E-state index contributed by atoms with van der Waals surface area (Å²) in [7, 11) is 0. The second kappa shape index (κ2) is 5.18. The van der Waals surface area contributed by atoms with Crippen molar-refractivity contribution in [3.8, 4) is 0 Å². The minimum Gasteiger partial charge on any atom is -0.390 e. The fraction of sp³-hybridized carbons (Fsp3) is 0.727. The lowest BCUT2D eigenvalue weighted by Gasteiger charge is -2.18. The molecule has 2 heteroatoms. The van der Waals surface area contributed by atoms with E-state index in [0.29, 0.717) is 5.57 Å². The molecule has 0 rings (SSSR count). The first kappa shape index (κ1) is 12.4. The van der Waals surface area contributed by atoms with Crippen LogP contribution < -0.4 is 0 Å². The molecule has 0 aromatic heterocycles. The molecule has 0 spiro atoms. The summed E-state index contributed by atoms with van der Waals surface area (Å²) in [5.74, 6) is 0.236. The number of hydrogen-bond acceptors (Lipinski definition) is 2. The van der Waals surface area contributed by atoms with E-state index >= 15 is 0 Å². The summed E-state index contributed by atoms with van der Waals surface area (Å²) in [4.78, 5) is 10.4. The van der Waals surface area contributed by atoms with Gasteiger partial charge in [-0.3, -0.25) is 4.79 Å². The van der Waals surface area contributed by atoms with Gasteiger partial charge in [-0.05, 0) is 38.2 Å². The van der Waals surface area contributed by atoms with E-state index in [0.717, 1.165) is 25.5 Å². The minimum absolute atomic E-state index is 0.236. The van der Waals surface area contributed by atoms with Crippen LogP contribution in [0.1, 0.15) is 40.0 Å². The molecular formula is C11H20O2. The summed E-state index contributed by atoms with van der Waals surface area (Å²) >= 11 is 0. The van der Waals surface area contributed by atoms with Crippen molar-refractivity contribution in [3.63, 3.8) is 0 Å². The predicted molar refractivity (Wildman–Crippen MR) is 54.5 cm³/mol. The molecule has 0 aromatic rings. The summed E-state index contributed by atoms with van der Waals surface area (Å²) in [5, 5.41) is 9.43. The minimum atomic E-state index is -0.595. The smallest absolute Gasteiger partial charge is 0.145 e. The van der Waals surface area contributed by atoms with Crippen LogP contribution in [0.2, 0.25) is 0 Å². The molecule has 2 nitrogen and oxygen atoms in total. The highest BCUT2D eigenvalue weighted by Gasteiger charge is 2.13. The standard InChI is InChI=1S/C11H20O2/c1-9(10(2)8-12)6-5-7-11(3,4)13/h8-9,13H,2,5-7H2,1,3-4H3. The van der Waals surface area contributed by atoms with Crippen molar-refractivity contribution in [3.05, 3.63) is 12.2 Å². The number of carbonyl (C=O) groups excluding carboxylic acids is 1. The highest BCUT2D eigenvalue weighted by atomic mass is 16.3. The van der Waals surface area contributed by atoms with Crippen molar-refractivity contribution in [1.29, 1.82) is 0 Å². The molecule has 0 aliphatic heterocycles. The van der Waals surface area contributed by atoms with Crippen molar-refractivity contribution >= 4 is 6.29 Å². The Kier molecular flexibility index (Phi) is 4.92. The Balaban J connectivity index is 3.65. The average molecular weight is 184 g/mol. The Morgan fingerprint density at radius 3 is 2.54 bits per heavy atom. The van der Waals surface area contributed by atoms with Crippen molar-refractivity contribution in [2.75, 3.05) is 0 Å². The Morgan fingerprint density at radius 1 is 1.62 bits per heavy atom. The molecule has 76 valence electrons. The van der Waals surface area contributed by atoms with Gasteiger partial charge in [0.15, 0.2) is 0 Å². The summed E-state index contributed by atoms with van der Waals surface area (Å²) in [6.45, 7) is 9.24. The van der Waals surface area contributed by atoms with Gasteiger partial charge in [-0.1, -0.05) is 19.9 Å². The van der Waals surface area contributed by atoms with Gasteiger partial charge in [0.2, 0.25) is 0 Å². The van der Waals surface area contributed by atoms with Crippen LogP contribution in [0, 0.1) is 5.92 Å². The summed E-state index contributed by atoms with van der Waals surface area (Å²) in [6, 6.07) is 0. The maximum absolute atomic E-state index is 10.4. The molecule has 13 heavy (non-hydrogen) atoms. The van der Waals surface area contributed by atoms with E-state index in [-0.39, 0.29) is 5.92 Å². The maximum atomic E-state index is 10.4. The van der Waals surface area contributed by atoms with Crippen LogP contribution in [-0.2, 0) is 4.79 Å². The van der Waals surface area contributed by atoms with Crippen LogP contribution in [-0.4, -0.2) is 17.0 Å². The molecule has 1 atom stereocenters. The number of rotatable bonds is 6. The van der Waals surface area contributed by atoms with Gasteiger partial charge in [0, 0.05) is 0 Å². The van der Waals surface area contributed by atoms with Gasteiger partial charge in [0.1, 0.15) is 6.29 Å². The lowest BCUT2D eigenvalue weighted by Crippen LogP contribution is -2.18. The fourth-order valence-corrected chi connectivity index (χ4v) is 1.14. The molecule has 0 radical (unpaired) electrons. The van der Waals surface area contributed by atoms with Crippen molar-refractivity contribution in [2.45, 2.75) is 45.6 Å². The predicted octanol–water partition coefficient (Wildman–Crippen LogP) is 2.32. The third kappa shape index (κ3) is 6.52. The Bertz CT molecular complexity index is 177. The van der Waals surface area contributed by atoms with E-state index in [1.54, 1.807) is 13.8 Å².